The molecule has 0 radical (unpaired) electrons. The van der Waals surface area contributed by atoms with E-state index in [0.717, 1.165) is 5.56 Å². The van der Waals surface area contributed by atoms with Crippen LogP contribution in [0, 0.1) is 6.92 Å². The molecule has 0 aromatic heterocycles. The lowest BCUT2D eigenvalue weighted by Crippen LogP contribution is -2.28. The van der Waals surface area contributed by atoms with Crippen LogP contribution in [0.15, 0.2) is 54.3 Å². The molecule has 0 fully saturated rings. The summed E-state index contributed by atoms with van der Waals surface area (Å²) in [5.74, 6) is -1.35. The van der Waals surface area contributed by atoms with Crippen LogP contribution < -0.4 is 10.1 Å². The Bertz CT molecular complexity index is 977. The summed E-state index contributed by atoms with van der Waals surface area (Å²) in [4.78, 5) is 13.4. The number of ketones is 1. The van der Waals surface area contributed by atoms with Gasteiger partial charge < -0.3 is 24.2 Å². The Kier molecular flexibility index (Phi) is 6.42. The number of carbonyl (C=O) groups is 1. The van der Waals surface area contributed by atoms with Crippen molar-refractivity contribution in [2.45, 2.75) is 26.6 Å². The third kappa shape index (κ3) is 4.37. The molecular formula is C21H24NO6P. The maximum absolute atomic E-state index is 13.6. The van der Waals surface area contributed by atoms with Gasteiger partial charge in [0.05, 0.1) is 30.0 Å². The van der Waals surface area contributed by atoms with Crippen molar-refractivity contribution in [2.75, 3.05) is 18.5 Å². The summed E-state index contributed by atoms with van der Waals surface area (Å²) >= 11 is 0. The zero-order chi connectivity index (χ0) is 21.0. The topological polar surface area (TPSA) is 94.1 Å². The number of benzene rings is 2. The van der Waals surface area contributed by atoms with Gasteiger partial charge in [-0.2, -0.15) is 0 Å². The van der Waals surface area contributed by atoms with Gasteiger partial charge in [0, 0.05) is 0 Å². The highest BCUT2D eigenvalue weighted by atomic mass is 31.2. The first kappa shape index (κ1) is 21.1. The Morgan fingerprint density at radius 3 is 2.55 bits per heavy atom. The fraction of sp³-hybridized carbons (Fsp3) is 0.286. The van der Waals surface area contributed by atoms with Crippen molar-refractivity contribution >= 4 is 19.1 Å². The number of anilines is 1. The third-order valence-electron chi connectivity index (χ3n) is 4.38. The number of phenols is 1. The van der Waals surface area contributed by atoms with E-state index in [4.69, 9.17) is 13.8 Å². The number of fused-ring (bicyclic) bond motifs is 1. The first-order valence-electron chi connectivity index (χ1n) is 9.35. The Morgan fingerprint density at radius 1 is 1.17 bits per heavy atom. The van der Waals surface area contributed by atoms with E-state index in [2.05, 4.69) is 5.32 Å². The van der Waals surface area contributed by atoms with Crippen LogP contribution in [0.5, 0.6) is 11.5 Å². The Morgan fingerprint density at radius 2 is 1.86 bits per heavy atom. The Balaban J connectivity index is 2.13. The van der Waals surface area contributed by atoms with Gasteiger partial charge in [-0.05, 0) is 45.0 Å². The largest absolute Gasteiger partial charge is 0.507 e. The summed E-state index contributed by atoms with van der Waals surface area (Å²) < 4.78 is 30.3. The number of hydrogen-bond donors (Lipinski definition) is 2. The molecule has 3 rings (SSSR count). The molecule has 0 bridgehead atoms. The van der Waals surface area contributed by atoms with Crippen LogP contribution in [-0.4, -0.2) is 29.9 Å². The van der Waals surface area contributed by atoms with Crippen molar-refractivity contribution < 1.29 is 28.3 Å². The molecule has 1 heterocycles. The molecule has 0 saturated heterocycles. The summed E-state index contributed by atoms with van der Waals surface area (Å²) in [5.41, 5.74) is 1.46. The molecule has 2 aromatic carbocycles. The van der Waals surface area contributed by atoms with Crippen molar-refractivity contribution in [1.29, 1.82) is 0 Å². The number of aromatic hydroxyl groups is 1. The molecule has 154 valence electrons. The lowest BCUT2D eigenvalue weighted by atomic mass is 10.0. The van der Waals surface area contributed by atoms with E-state index in [1.54, 1.807) is 50.2 Å². The molecule has 8 heteroatoms. The molecule has 0 spiro atoms. The molecule has 0 amide bonds. The van der Waals surface area contributed by atoms with Gasteiger partial charge in [0.25, 0.3) is 0 Å². The zero-order valence-corrected chi connectivity index (χ0v) is 17.4. The average Bonchev–Trinajstić information content (AvgIpc) is 2.90. The maximum Gasteiger partial charge on any atom is 0.357 e. The highest BCUT2D eigenvalue weighted by Crippen LogP contribution is 2.57. The predicted molar refractivity (Wildman–Crippen MR) is 111 cm³/mol. The number of nitrogens with one attached hydrogen (secondary N) is 1. The minimum atomic E-state index is -3.80. The molecule has 1 aliphatic heterocycles. The zero-order valence-electron chi connectivity index (χ0n) is 16.5. The minimum Gasteiger partial charge on any atom is -0.507 e. The van der Waals surface area contributed by atoms with Gasteiger partial charge in [0.2, 0.25) is 0 Å². The predicted octanol–water partition coefficient (Wildman–Crippen LogP) is 4.86. The average molecular weight is 417 g/mol. The van der Waals surface area contributed by atoms with Crippen molar-refractivity contribution in [3.63, 3.8) is 0 Å². The Labute approximate surface area is 169 Å². The van der Waals surface area contributed by atoms with E-state index < -0.39 is 19.2 Å². The van der Waals surface area contributed by atoms with Crippen molar-refractivity contribution in [3.05, 3.63) is 65.4 Å². The van der Waals surface area contributed by atoms with Crippen molar-refractivity contribution in [2.24, 2.45) is 0 Å². The molecule has 0 aliphatic carbocycles. The molecule has 1 unspecified atom stereocenters. The van der Waals surface area contributed by atoms with Crippen LogP contribution >= 0.6 is 7.60 Å². The molecule has 1 aliphatic rings. The van der Waals surface area contributed by atoms with E-state index in [1.807, 2.05) is 6.92 Å². The van der Waals surface area contributed by atoms with Gasteiger partial charge in [-0.15, -0.1) is 0 Å². The van der Waals surface area contributed by atoms with E-state index in [1.165, 1.54) is 12.3 Å². The molecule has 2 N–H and O–H groups in total. The summed E-state index contributed by atoms with van der Waals surface area (Å²) in [6.07, 6.45) is 1.25. The number of rotatable bonds is 7. The highest BCUT2D eigenvalue weighted by Gasteiger charge is 2.43. The monoisotopic (exact) mass is 417 g/mol. The lowest BCUT2D eigenvalue weighted by molar-refractivity contribution is 0.102. The highest BCUT2D eigenvalue weighted by molar-refractivity contribution is 7.55. The second-order valence-corrected chi connectivity index (χ2v) is 8.57. The summed E-state index contributed by atoms with van der Waals surface area (Å²) in [5, 5.41) is 13.3. The number of para-hydroxylation sites is 2. The van der Waals surface area contributed by atoms with Crippen LogP contribution in [0.2, 0.25) is 0 Å². The lowest BCUT2D eigenvalue weighted by Gasteiger charge is -2.28. The summed E-state index contributed by atoms with van der Waals surface area (Å²) in [6.45, 7) is 5.48. The van der Waals surface area contributed by atoms with Gasteiger partial charge >= 0.3 is 7.60 Å². The maximum atomic E-state index is 13.6. The van der Waals surface area contributed by atoms with Crippen LogP contribution in [0.3, 0.4) is 0 Å². The first-order valence-corrected chi connectivity index (χ1v) is 11.0. The van der Waals surface area contributed by atoms with Crippen molar-refractivity contribution in [3.8, 4) is 11.5 Å². The molecule has 2 aromatic rings. The normalized spacial score (nSPS) is 16.1. The fourth-order valence-electron chi connectivity index (χ4n) is 3.07. The number of aryl methyl sites for hydroxylation is 1. The molecule has 0 saturated carbocycles. The van der Waals surface area contributed by atoms with E-state index in [0.29, 0.717) is 11.4 Å². The fourth-order valence-corrected chi connectivity index (χ4v) is 4.97. The van der Waals surface area contributed by atoms with Crippen LogP contribution in [0.4, 0.5) is 5.69 Å². The number of carbonyl (C=O) groups excluding carboxylic acids is 1. The third-order valence-corrected chi connectivity index (χ3v) is 6.66. The van der Waals surface area contributed by atoms with Crippen molar-refractivity contribution in [1.82, 2.24) is 0 Å². The molecular weight excluding hydrogens is 393 g/mol. The standard InChI is InChI=1S/C21H24NO6P/c1-4-27-29(25,28-5-2)21-16(13-26-19-9-7-6-8-17(19)22-21)20(24)15-12-14(3)10-11-18(15)23/h6-13,21-23H,4-5H2,1-3H3. The second-order valence-electron chi connectivity index (χ2n) is 6.46. The molecule has 7 nitrogen and oxygen atoms in total. The van der Waals surface area contributed by atoms with Crippen LogP contribution in [-0.2, 0) is 13.6 Å². The minimum absolute atomic E-state index is 0.0346. The van der Waals surface area contributed by atoms with Crippen LogP contribution in [0.1, 0.15) is 29.8 Å². The number of phenolic OH excluding ortho intramolecular Hbond substituents is 1. The van der Waals surface area contributed by atoms with Gasteiger partial charge in [0.15, 0.2) is 11.6 Å². The first-order chi connectivity index (χ1) is 13.9. The van der Waals surface area contributed by atoms with E-state index in [9.17, 15) is 14.5 Å². The van der Waals surface area contributed by atoms with Gasteiger partial charge in [0.1, 0.15) is 17.8 Å². The molecule has 29 heavy (non-hydrogen) atoms. The van der Waals surface area contributed by atoms with E-state index in [-0.39, 0.29) is 30.1 Å². The molecule has 1 atom stereocenters. The Hall–Kier alpha value is -2.60. The smallest absolute Gasteiger partial charge is 0.357 e. The van der Waals surface area contributed by atoms with Gasteiger partial charge in [-0.25, -0.2) is 0 Å². The number of ether oxygens (including phenoxy) is 1. The van der Waals surface area contributed by atoms with Gasteiger partial charge in [-0.1, -0.05) is 23.8 Å². The summed E-state index contributed by atoms with van der Waals surface area (Å²) in [7, 11) is -3.80. The number of Topliss-reactive ketones (excluding diaryl/α,β-unsaturated/α-hetero) is 1. The SMILES string of the molecule is CCOP(=O)(OCC)C1Nc2ccccc2OC=C1C(=O)c1cc(C)ccc1O. The van der Waals surface area contributed by atoms with E-state index >= 15 is 0 Å². The second kappa shape index (κ2) is 8.82. The van der Waals surface area contributed by atoms with Crippen LogP contribution in [0.25, 0.3) is 0 Å². The quantitative estimate of drug-likeness (QED) is 0.491. The summed E-state index contributed by atoms with van der Waals surface area (Å²) in [6, 6.07) is 11.8. The number of hydrogen-bond acceptors (Lipinski definition) is 7. The van der Waals surface area contributed by atoms with Gasteiger partial charge in [-0.3, -0.25) is 9.36 Å².